The van der Waals surface area contributed by atoms with Crippen molar-refractivity contribution < 1.29 is 9.31 Å². The third-order valence-electron chi connectivity index (χ3n) is 3.60. The molecule has 0 atom stereocenters. The Hall–Kier alpha value is -0.415. The van der Waals surface area contributed by atoms with Gasteiger partial charge in [-0.2, -0.15) is 0 Å². The fourth-order valence-corrected chi connectivity index (χ4v) is 2.09. The molecule has 1 aliphatic rings. The molecule has 0 bridgehead atoms. The summed E-state index contributed by atoms with van der Waals surface area (Å²) in [6.07, 6.45) is 0. The van der Waals surface area contributed by atoms with Gasteiger partial charge in [-0.1, -0.05) is 23.2 Å². The first-order valence-electron chi connectivity index (χ1n) is 5.74. The maximum Gasteiger partial charge on any atom is 0.494 e. The predicted octanol–water partition coefficient (Wildman–Crippen LogP) is 2.87. The number of nitrogens with two attached hydrogens (primary N) is 1. The van der Waals surface area contributed by atoms with Crippen molar-refractivity contribution in [2.45, 2.75) is 38.9 Å². The molecule has 1 aliphatic heterocycles. The van der Waals surface area contributed by atoms with Gasteiger partial charge in [0, 0.05) is 0 Å². The van der Waals surface area contributed by atoms with Crippen molar-refractivity contribution in [3.05, 3.63) is 22.2 Å². The van der Waals surface area contributed by atoms with Crippen LogP contribution in [0.3, 0.4) is 0 Å². The van der Waals surface area contributed by atoms with Gasteiger partial charge in [0.2, 0.25) is 0 Å². The fourth-order valence-electron chi connectivity index (χ4n) is 1.75. The van der Waals surface area contributed by atoms with E-state index in [4.69, 9.17) is 38.2 Å². The Balaban J connectivity index is 2.36. The van der Waals surface area contributed by atoms with Gasteiger partial charge < -0.3 is 15.0 Å². The standard InChI is InChI=1S/C12H16BCl2NO2/c1-11(2)12(3,4)18-13(17-11)7-5-8(14)10(15)9(16)6-7/h5-6H,16H2,1-4H3. The van der Waals surface area contributed by atoms with E-state index in [9.17, 15) is 0 Å². The highest BCUT2D eigenvalue weighted by Gasteiger charge is 2.51. The number of hydrogen-bond acceptors (Lipinski definition) is 3. The van der Waals surface area contributed by atoms with Gasteiger partial charge in [-0.15, -0.1) is 0 Å². The number of anilines is 1. The maximum atomic E-state index is 6.02. The lowest BCUT2D eigenvalue weighted by atomic mass is 9.79. The Morgan fingerprint density at radius 1 is 1.06 bits per heavy atom. The molecular formula is C12H16BCl2NO2. The van der Waals surface area contributed by atoms with Gasteiger partial charge in [0.05, 0.1) is 26.9 Å². The molecule has 1 aromatic carbocycles. The van der Waals surface area contributed by atoms with Crippen molar-refractivity contribution >= 4 is 41.5 Å². The third-order valence-corrected chi connectivity index (χ3v) is 4.42. The molecule has 3 nitrogen and oxygen atoms in total. The van der Waals surface area contributed by atoms with Crippen molar-refractivity contribution in [1.82, 2.24) is 0 Å². The van der Waals surface area contributed by atoms with E-state index < -0.39 is 18.3 Å². The summed E-state index contributed by atoms with van der Waals surface area (Å²) in [5.74, 6) is 0. The van der Waals surface area contributed by atoms with Crippen LogP contribution in [0.5, 0.6) is 0 Å². The fraction of sp³-hybridized carbons (Fsp3) is 0.500. The van der Waals surface area contributed by atoms with Crippen LogP contribution in [-0.2, 0) is 9.31 Å². The van der Waals surface area contributed by atoms with E-state index in [-0.39, 0.29) is 0 Å². The third kappa shape index (κ3) is 2.23. The zero-order valence-electron chi connectivity index (χ0n) is 10.9. The van der Waals surface area contributed by atoms with Gasteiger partial charge in [-0.05, 0) is 45.3 Å². The summed E-state index contributed by atoms with van der Waals surface area (Å²) in [6.45, 7) is 7.98. The number of benzene rings is 1. The zero-order chi connectivity index (χ0) is 13.7. The van der Waals surface area contributed by atoms with Gasteiger partial charge in [-0.25, -0.2) is 0 Å². The SMILES string of the molecule is CC1(C)OB(c2cc(N)c(Cl)c(Cl)c2)OC1(C)C. The number of halogens is 2. The Labute approximate surface area is 118 Å². The Bertz CT molecular complexity index is 452. The minimum atomic E-state index is -0.480. The Morgan fingerprint density at radius 2 is 1.56 bits per heavy atom. The van der Waals surface area contributed by atoms with Crippen LogP contribution in [0.2, 0.25) is 10.0 Å². The average molecular weight is 288 g/mol. The molecule has 0 saturated carbocycles. The zero-order valence-corrected chi connectivity index (χ0v) is 12.4. The Morgan fingerprint density at radius 3 is 2.00 bits per heavy atom. The van der Waals surface area contributed by atoms with E-state index in [0.29, 0.717) is 15.7 Å². The summed E-state index contributed by atoms with van der Waals surface area (Å²) >= 11 is 11.9. The van der Waals surface area contributed by atoms with Gasteiger partial charge in [-0.3, -0.25) is 0 Å². The lowest BCUT2D eigenvalue weighted by Crippen LogP contribution is -2.41. The first kappa shape index (κ1) is 14.0. The van der Waals surface area contributed by atoms with Gasteiger partial charge in [0.1, 0.15) is 0 Å². The molecule has 1 heterocycles. The van der Waals surface area contributed by atoms with E-state index in [1.807, 2.05) is 27.7 Å². The highest BCUT2D eigenvalue weighted by Crippen LogP contribution is 2.37. The number of hydrogen-bond donors (Lipinski definition) is 1. The summed E-state index contributed by atoms with van der Waals surface area (Å²) in [5, 5.41) is 0.762. The van der Waals surface area contributed by atoms with Crippen LogP contribution in [0.4, 0.5) is 5.69 Å². The van der Waals surface area contributed by atoms with E-state index in [1.165, 1.54) is 0 Å². The van der Waals surface area contributed by atoms with E-state index in [0.717, 1.165) is 5.46 Å². The molecule has 0 aromatic heterocycles. The Kier molecular flexibility index (Phi) is 3.35. The lowest BCUT2D eigenvalue weighted by Gasteiger charge is -2.32. The van der Waals surface area contributed by atoms with Crippen molar-refractivity contribution in [3.63, 3.8) is 0 Å². The summed E-state index contributed by atoms with van der Waals surface area (Å²) in [7, 11) is -0.480. The minimum Gasteiger partial charge on any atom is -0.399 e. The van der Waals surface area contributed by atoms with Crippen molar-refractivity contribution in [2.24, 2.45) is 0 Å². The smallest absolute Gasteiger partial charge is 0.399 e. The quantitative estimate of drug-likeness (QED) is 0.638. The van der Waals surface area contributed by atoms with E-state index in [1.54, 1.807) is 12.1 Å². The van der Waals surface area contributed by atoms with Crippen molar-refractivity contribution in [1.29, 1.82) is 0 Å². The molecule has 6 heteroatoms. The highest BCUT2D eigenvalue weighted by molar-refractivity contribution is 6.63. The van der Waals surface area contributed by atoms with Crippen LogP contribution in [0.1, 0.15) is 27.7 Å². The van der Waals surface area contributed by atoms with Crippen LogP contribution < -0.4 is 11.2 Å². The molecule has 0 spiro atoms. The van der Waals surface area contributed by atoms with Gasteiger partial charge in [0.15, 0.2) is 0 Å². The molecule has 1 fully saturated rings. The molecular weight excluding hydrogens is 272 g/mol. The molecule has 0 unspecified atom stereocenters. The molecule has 98 valence electrons. The predicted molar refractivity (Wildman–Crippen MR) is 76.6 cm³/mol. The second-order valence-electron chi connectivity index (χ2n) is 5.49. The van der Waals surface area contributed by atoms with E-state index >= 15 is 0 Å². The molecule has 0 radical (unpaired) electrons. The first-order valence-corrected chi connectivity index (χ1v) is 6.50. The maximum absolute atomic E-state index is 6.02. The molecule has 18 heavy (non-hydrogen) atoms. The second kappa shape index (κ2) is 4.31. The topological polar surface area (TPSA) is 44.5 Å². The lowest BCUT2D eigenvalue weighted by molar-refractivity contribution is 0.00578. The molecule has 2 N–H and O–H groups in total. The summed E-state index contributed by atoms with van der Waals surface area (Å²) in [5.41, 5.74) is 6.22. The van der Waals surface area contributed by atoms with Gasteiger partial charge in [0.25, 0.3) is 0 Å². The molecule has 1 aromatic rings. The molecule has 0 amide bonds. The second-order valence-corrected chi connectivity index (χ2v) is 6.28. The van der Waals surface area contributed by atoms with Crippen LogP contribution in [0.15, 0.2) is 12.1 Å². The summed E-state index contributed by atoms with van der Waals surface area (Å²) in [4.78, 5) is 0. The normalized spacial score (nSPS) is 21.3. The average Bonchev–Trinajstić information content (AvgIpc) is 2.44. The first-order chi connectivity index (χ1) is 8.14. The number of nitrogen functional groups attached to an aromatic ring is 1. The minimum absolute atomic E-state index is 0.358. The summed E-state index contributed by atoms with van der Waals surface area (Å²) in [6, 6.07) is 3.46. The monoisotopic (exact) mass is 287 g/mol. The highest BCUT2D eigenvalue weighted by atomic mass is 35.5. The van der Waals surface area contributed by atoms with Gasteiger partial charge >= 0.3 is 7.12 Å². The molecule has 1 saturated heterocycles. The molecule has 0 aliphatic carbocycles. The van der Waals surface area contributed by atoms with Crippen LogP contribution in [0, 0.1) is 0 Å². The van der Waals surface area contributed by atoms with Crippen LogP contribution in [0.25, 0.3) is 0 Å². The largest absolute Gasteiger partial charge is 0.494 e. The summed E-state index contributed by atoms with van der Waals surface area (Å²) < 4.78 is 11.8. The van der Waals surface area contributed by atoms with Crippen LogP contribution >= 0.6 is 23.2 Å². The van der Waals surface area contributed by atoms with Crippen molar-refractivity contribution in [2.75, 3.05) is 5.73 Å². The van der Waals surface area contributed by atoms with E-state index in [2.05, 4.69) is 0 Å². The molecule has 2 rings (SSSR count). The van der Waals surface area contributed by atoms with Crippen LogP contribution in [-0.4, -0.2) is 18.3 Å². The van der Waals surface area contributed by atoms with Crippen molar-refractivity contribution in [3.8, 4) is 0 Å². The number of rotatable bonds is 1.